The molecule has 4 bridgehead atoms. The van der Waals surface area contributed by atoms with E-state index in [0.29, 0.717) is 91.1 Å². The lowest BCUT2D eigenvalue weighted by molar-refractivity contribution is -0.143. The Labute approximate surface area is 478 Å². The van der Waals surface area contributed by atoms with Crippen molar-refractivity contribution < 1.29 is 51.3 Å². The number of likely N-dealkylation sites (tertiary alicyclic amines) is 2. The first-order chi connectivity index (χ1) is 41.2. The SMILES string of the molecule is Cl.Cl.[2H]C1([2H])N(C[C@@H]2CCCC[C@H]2CN2C(=O)[C@@H]3[C@@H]4C[C@@H](C[C@@H]4O)[C@@H]3C2=O)C([2H])([2H])C([2H])([2H])N(c2nsc3ccccc23)C1([2H])[2H].[2H]C1([2H])N(C[C@@H]2CCCC[C@H]2CN2C(=O)[C@@H]3[C@@H]4C[C@H]([C@@H]3C2=O)[C@H](O)C4)C([2H])([2H])C([2H])([2H])N(c2nsc3ccccc23)C1([2H])[2H]. The predicted molar refractivity (Wildman–Crippen MR) is 294 cm³/mol. The van der Waals surface area contributed by atoms with Gasteiger partial charge in [0, 0.05) is 99.9 Å². The number of aromatic nitrogens is 2. The van der Waals surface area contributed by atoms with Crippen LogP contribution >= 0.6 is 47.9 Å². The molecular formula is C56H74Cl2N8O6S2. The van der Waals surface area contributed by atoms with Crippen LogP contribution < -0.4 is 9.80 Å². The zero-order chi connectivity index (χ0) is 63.1. The van der Waals surface area contributed by atoms with Crippen molar-refractivity contribution in [3.05, 3.63) is 48.5 Å². The summed E-state index contributed by atoms with van der Waals surface area (Å²) in [6.45, 7) is -24.4. The molecule has 10 fully saturated rings. The highest BCUT2D eigenvalue weighted by Crippen LogP contribution is 2.58. The van der Waals surface area contributed by atoms with Crippen LogP contribution in [0.25, 0.3) is 20.2 Å². The number of carbonyl (C=O) groups is 4. The van der Waals surface area contributed by atoms with Crippen LogP contribution in [-0.2, 0) is 19.2 Å². The maximum Gasteiger partial charge on any atom is 0.233 e. The van der Waals surface area contributed by atoms with E-state index in [1.54, 1.807) is 48.5 Å². The number of amides is 4. The normalized spacial score (nSPS) is 44.5. The second-order valence-corrected chi connectivity index (χ2v) is 23.6. The quantitative estimate of drug-likeness (QED) is 0.153. The summed E-state index contributed by atoms with van der Waals surface area (Å²) in [5.74, 6) is -4.87. The third-order valence-corrected chi connectivity index (χ3v) is 19.9. The van der Waals surface area contributed by atoms with Gasteiger partial charge in [-0.15, -0.1) is 24.8 Å². The number of carbonyl (C=O) groups excluding carboxylic acids is 4. The first kappa shape index (κ1) is 36.6. The van der Waals surface area contributed by atoms with Crippen molar-refractivity contribution in [2.45, 2.75) is 89.3 Å². The Balaban J connectivity index is 0.000000181. The van der Waals surface area contributed by atoms with Crippen LogP contribution in [0.15, 0.2) is 48.5 Å². The van der Waals surface area contributed by atoms with E-state index >= 15 is 0 Å². The number of piperazine rings is 2. The zero-order valence-electron chi connectivity index (χ0n) is 56.8. The summed E-state index contributed by atoms with van der Waals surface area (Å²) in [5, 5.41) is 21.6. The topological polar surface area (TPSA) is 154 Å². The van der Waals surface area contributed by atoms with Crippen molar-refractivity contribution in [3.63, 3.8) is 0 Å². The van der Waals surface area contributed by atoms with Gasteiger partial charge in [-0.3, -0.25) is 38.8 Å². The number of anilines is 2. The molecular weight excluding hydrogens is 1020 g/mol. The highest BCUT2D eigenvalue weighted by molar-refractivity contribution is 7.14. The van der Waals surface area contributed by atoms with Gasteiger partial charge in [-0.05, 0) is 146 Å². The third kappa shape index (κ3) is 9.38. The second kappa shape index (κ2) is 21.7. The van der Waals surface area contributed by atoms with Crippen molar-refractivity contribution >= 4 is 103 Å². The van der Waals surface area contributed by atoms with Gasteiger partial charge in [-0.25, -0.2) is 0 Å². The Morgan fingerprint density at radius 2 is 0.838 bits per heavy atom. The first-order valence-corrected chi connectivity index (χ1v) is 27.7. The number of fused-ring (bicyclic) bond motifs is 12. The molecule has 4 amide bonds. The number of aliphatic hydroxyl groups excluding tert-OH is 2. The average molecular weight is 1110 g/mol. The van der Waals surface area contributed by atoms with Crippen LogP contribution in [0.1, 0.15) is 99.0 Å². The van der Waals surface area contributed by atoms with Gasteiger partial charge in [-0.2, -0.15) is 8.75 Å². The minimum Gasteiger partial charge on any atom is -0.393 e. The molecule has 6 aliphatic carbocycles. The number of nitrogens with zero attached hydrogens (tertiary/aromatic N) is 8. The van der Waals surface area contributed by atoms with Gasteiger partial charge in [-0.1, -0.05) is 49.9 Å². The minimum atomic E-state index is -3.03. The monoisotopic (exact) mass is 1100 g/mol. The second-order valence-electron chi connectivity index (χ2n) is 22.0. The van der Waals surface area contributed by atoms with Gasteiger partial charge in [0.05, 0.1) is 56.2 Å². The van der Waals surface area contributed by atoms with Crippen molar-refractivity contribution in [2.24, 2.45) is 71.0 Å². The number of hydrogen-bond acceptors (Lipinski definition) is 14. The van der Waals surface area contributed by atoms with Crippen molar-refractivity contribution in [3.8, 4) is 0 Å². The van der Waals surface area contributed by atoms with Gasteiger partial charge < -0.3 is 20.0 Å². The van der Waals surface area contributed by atoms with E-state index in [2.05, 4.69) is 8.75 Å². The molecule has 10 aliphatic rings. The minimum absolute atomic E-state index is 0. The highest BCUT2D eigenvalue weighted by atomic mass is 35.5. The molecule has 14 rings (SSSR count). The Bertz CT molecular complexity index is 3190. The van der Waals surface area contributed by atoms with E-state index in [9.17, 15) is 29.4 Å². The van der Waals surface area contributed by atoms with Crippen molar-refractivity contribution in [2.75, 3.05) is 88.0 Å². The average Bonchev–Trinajstić information content (AvgIpc) is 1.04. The fourth-order valence-corrected chi connectivity index (χ4v) is 16.3. The van der Waals surface area contributed by atoms with E-state index in [0.717, 1.165) is 48.7 Å². The molecule has 400 valence electrons. The van der Waals surface area contributed by atoms with E-state index in [1.807, 2.05) is 0 Å². The molecule has 74 heavy (non-hydrogen) atoms. The Kier molecular flexibility index (Phi) is 10.7. The van der Waals surface area contributed by atoms with Crippen LogP contribution in [0, 0.1) is 71.0 Å². The fourth-order valence-electron chi connectivity index (χ4n) is 14.8. The summed E-state index contributed by atoms with van der Waals surface area (Å²) < 4.78 is 153. The van der Waals surface area contributed by atoms with Crippen molar-refractivity contribution in [1.29, 1.82) is 0 Å². The Morgan fingerprint density at radius 1 is 0.486 bits per heavy atom. The molecule has 4 saturated heterocycles. The van der Waals surface area contributed by atoms with Crippen LogP contribution in [0.4, 0.5) is 11.6 Å². The number of halogens is 2. The fraction of sp³-hybridized carbons (Fsp3) is 0.679. The van der Waals surface area contributed by atoms with Gasteiger partial charge in [0.25, 0.3) is 0 Å². The summed E-state index contributed by atoms with van der Waals surface area (Å²) in [6, 6.07) is 13.6. The highest BCUT2D eigenvalue weighted by Gasteiger charge is 2.65. The standard InChI is InChI=1S/2C28H36N4O3S.2ClH/c2*33-22-14-19-13-21(22)25-24(19)27(34)32(28(25)35)16-18-6-2-1-5-17(18)15-30-9-11-31(12-10-30)26-20-7-3-4-8-23(20)36-29-26;;/h2*3-4,7-8,17-19,21-22,24-25,33H,1-2,5-6,9-16H2;2*1H/t17-,18-,19+,21-,22+,24+,25-;17-,18-,19-,21+,22-,24-,25+;;/m00../s1/i2*9D2,10D2,11D2,12D2;;. The molecule has 14 atom stereocenters. The summed E-state index contributed by atoms with van der Waals surface area (Å²) in [7, 11) is 0. The lowest BCUT2D eigenvalue weighted by Crippen LogP contribution is -2.49. The van der Waals surface area contributed by atoms with E-state index in [1.165, 1.54) is 9.80 Å². The van der Waals surface area contributed by atoms with E-state index in [4.69, 9.17) is 21.9 Å². The molecule has 0 spiro atoms. The zero-order valence-corrected chi connectivity index (χ0v) is 44.0. The lowest BCUT2D eigenvalue weighted by atomic mass is 9.78. The van der Waals surface area contributed by atoms with Crippen molar-refractivity contribution in [1.82, 2.24) is 28.3 Å². The van der Waals surface area contributed by atoms with E-state index < -0.39 is 99.7 Å². The molecule has 2 aromatic heterocycles. The number of hydrogen-bond donors (Lipinski definition) is 2. The summed E-state index contributed by atoms with van der Waals surface area (Å²) in [6.07, 6.45) is 6.81. The van der Waals surface area contributed by atoms with Crippen LogP contribution in [0.2, 0.25) is 0 Å². The summed E-state index contributed by atoms with van der Waals surface area (Å²) in [4.78, 5) is 58.9. The molecule has 4 aromatic rings. The van der Waals surface area contributed by atoms with Gasteiger partial charge in [0.1, 0.15) is 11.6 Å². The van der Waals surface area contributed by atoms with Gasteiger partial charge in [0.2, 0.25) is 23.6 Å². The molecule has 6 heterocycles. The molecule has 14 nitrogen and oxygen atoms in total. The maximum atomic E-state index is 13.5. The molecule has 2 N–H and O–H groups in total. The smallest absolute Gasteiger partial charge is 0.233 e. The maximum absolute atomic E-state index is 13.5. The number of imide groups is 2. The van der Waals surface area contributed by atoms with Gasteiger partial charge >= 0.3 is 0 Å². The molecule has 2 aromatic carbocycles. The lowest BCUT2D eigenvalue weighted by Gasteiger charge is -2.40. The summed E-state index contributed by atoms with van der Waals surface area (Å²) in [5.41, 5.74) is 0. The van der Waals surface area contributed by atoms with Gasteiger partial charge in [0.15, 0.2) is 0 Å². The predicted octanol–water partition coefficient (Wildman–Crippen LogP) is 7.30. The number of aliphatic hydroxyl groups is 2. The molecule has 0 radical (unpaired) electrons. The Hall–Kier alpha value is -3.48. The van der Waals surface area contributed by atoms with E-state index in [-0.39, 0.29) is 122 Å². The van der Waals surface area contributed by atoms with Crippen LogP contribution in [0.3, 0.4) is 0 Å². The molecule has 6 saturated carbocycles. The molecule has 18 heteroatoms. The largest absolute Gasteiger partial charge is 0.393 e. The number of benzene rings is 2. The Morgan fingerprint density at radius 3 is 1.23 bits per heavy atom. The number of rotatable bonds is 10. The van der Waals surface area contributed by atoms with Crippen LogP contribution in [0.5, 0.6) is 0 Å². The molecule has 0 unspecified atom stereocenters. The van der Waals surface area contributed by atoms with Crippen LogP contribution in [-0.4, -0.2) is 153 Å². The summed E-state index contributed by atoms with van der Waals surface area (Å²) >= 11 is 2.01. The molecule has 4 aliphatic heterocycles. The first-order valence-electron chi connectivity index (χ1n) is 34.1. The third-order valence-electron chi connectivity index (χ3n) is 18.3.